The number of aromatic nitrogens is 1. The minimum absolute atomic E-state index is 0.1000. The molecular weight excluding hydrogens is 286 g/mol. The molecule has 1 unspecified atom stereocenters. The molecule has 1 rings (SSSR count). The minimum atomic E-state index is -0.366. The number of aliphatic hydroxyl groups is 1. The third kappa shape index (κ3) is 4.89. The van der Waals surface area contributed by atoms with Crippen molar-refractivity contribution in [2.75, 3.05) is 19.6 Å². The first kappa shape index (κ1) is 14.2. The number of hydrogen-bond donors (Lipinski definition) is 3. The second kappa shape index (κ2) is 6.78. The fourth-order valence-electron chi connectivity index (χ4n) is 1.42. The van der Waals surface area contributed by atoms with Crippen LogP contribution >= 0.6 is 15.9 Å². The summed E-state index contributed by atoms with van der Waals surface area (Å²) in [4.78, 5) is 11.7. The van der Waals surface area contributed by atoms with Crippen LogP contribution in [0.25, 0.3) is 0 Å². The van der Waals surface area contributed by atoms with Crippen molar-refractivity contribution in [2.24, 2.45) is 7.05 Å². The lowest BCUT2D eigenvalue weighted by Gasteiger charge is -2.08. The Balaban J connectivity index is 2.28. The highest BCUT2D eigenvalue weighted by Crippen LogP contribution is 2.13. The third-order valence-corrected chi connectivity index (χ3v) is 2.66. The Labute approximate surface area is 109 Å². The number of halogens is 1. The molecule has 0 aliphatic rings. The molecule has 0 bridgehead atoms. The first-order valence-electron chi connectivity index (χ1n) is 5.49. The average molecular weight is 304 g/mol. The van der Waals surface area contributed by atoms with Crippen molar-refractivity contribution in [1.29, 1.82) is 0 Å². The summed E-state index contributed by atoms with van der Waals surface area (Å²) in [6.07, 6.45) is 1.47. The van der Waals surface area contributed by atoms with E-state index in [9.17, 15) is 4.79 Å². The molecule has 1 aromatic heterocycles. The summed E-state index contributed by atoms with van der Waals surface area (Å²) in [6, 6.07) is 1.78. The van der Waals surface area contributed by atoms with E-state index in [1.165, 1.54) is 0 Å². The van der Waals surface area contributed by atoms with E-state index in [1.54, 1.807) is 17.6 Å². The summed E-state index contributed by atoms with van der Waals surface area (Å²) in [5.74, 6) is -0.1000. The van der Waals surface area contributed by atoms with Crippen molar-refractivity contribution in [2.45, 2.75) is 13.0 Å². The zero-order valence-electron chi connectivity index (χ0n) is 10.0. The Kier molecular flexibility index (Phi) is 5.67. The van der Waals surface area contributed by atoms with E-state index in [2.05, 4.69) is 26.6 Å². The molecule has 1 atom stereocenters. The summed E-state index contributed by atoms with van der Waals surface area (Å²) in [5, 5.41) is 14.9. The van der Waals surface area contributed by atoms with Crippen LogP contribution in [-0.4, -0.2) is 41.3 Å². The van der Waals surface area contributed by atoms with Gasteiger partial charge in [-0.2, -0.15) is 0 Å². The van der Waals surface area contributed by atoms with Gasteiger partial charge < -0.3 is 20.3 Å². The van der Waals surface area contributed by atoms with E-state index >= 15 is 0 Å². The molecule has 96 valence electrons. The second-order valence-corrected chi connectivity index (χ2v) is 4.88. The van der Waals surface area contributed by atoms with E-state index in [-0.39, 0.29) is 12.0 Å². The molecular formula is C11H18BrN3O2. The van der Waals surface area contributed by atoms with Gasteiger partial charge in [0.1, 0.15) is 5.69 Å². The number of carbonyl (C=O) groups excluding carboxylic acids is 1. The molecule has 3 N–H and O–H groups in total. The number of rotatable bonds is 6. The van der Waals surface area contributed by atoms with Crippen LogP contribution in [0.3, 0.4) is 0 Å². The van der Waals surface area contributed by atoms with Gasteiger partial charge in [-0.05, 0) is 28.9 Å². The van der Waals surface area contributed by atoms with E-state index in [0.29, 0.717) is 25.3 Å². The standard InChI is InChI=1S/C11H18BrN3O2/c1-8(16)6-13-3-4-14-11(17)10-5-9(12)7-15(10)2/h5,7-8,13,16H,3-4,6H2,1-2H3,(H,14,17). The first-order chi connectivity index (χ1) is 8.00. The van der Waals surface area contributed by atoms with Gasteiger partial charge in [0.25, 0.3) is 5.91 Å². The monoisotopic (exact) mass is 303 g/mol. The lowest BCUT2D eigenvalue weighted by atomic mass is 10.4. The second-order valence-electron chi connectivity index (χ2n) is 3.96. The lowest BCUT2D eigenvalue weighted by molar-refractivity contribution is 0.0945. The van der Waals surface area contributed by atoms with Gasteiger partial charge in [-0.25, -0.2) is 0 Å². The summed E-state index contributed by atoms with van der Waals surface area (Å²) in [7, 11) is 1.82. The fourth-order valence-corrected chi connectivity index (χ4v) is 1.94. The van der Waals surface area contributed by atoms with Crippen molar-refractivity contribution in [3.8, 4) is 0 Å². The molecule has 5 nitrogen and oxygen atoms in total. The Hall–Kier alpha value is -0.850. The maximum atomic E-state index is 11.7. The van der Waals surface area contributed by atoms with Crippen molar-refractivity contribution in [3.05, 3.63) is 22.4 Å². The Bertz CT molecular complexity index is 377. The highest BCUT2D eigenvalue weighted by molar-refractivity contribution is 9.10. The number of aliphatic hydroxyl groups excluding tert-OH is 1. The highest BCUT2D eigenvalue weighted by atomic mass is 79.9. The Morgan fingerprint density at radius 2 is 2.29 bits per heavy atom. The molecule has 0 aliphatic carbocycles. The van der Waals surface area contributed by atoms with Crippen molar-refractivity contribution in [1.82, 2.24) is 15.2 Å². The van der Waals surface area contributed by atoms with Gasteiger partial charge in [0.2, 0.25) is 0 Å². The van der Waals surface area contributed by atoms with E-state index in [1.807, 2.05) is 13.2 Å². The first-order valence-corrected chi connectivity index (χ1v) is 6.29. The van der Waals surface area contributed by atoms with E-state index in [4.69, 9.17) is 5.11 Å². The maximum absolute atomic E-state index is 11.7. The normalized spacial score (nSPS) is 12.5. The summed E-state index contributed by atoms with van der Waals surface area (Å²) in [5.41, 5.74) is 0.618. The summed E-state index contributed by atoms with van der Waals surface area (Å²) >= 11 is 3.32. The molecule has 1 heterocycles. The molecule has 0 fully saturated rings. The Morgan fingerprint density at radius 1 is 1.59 bits per heavy atom. The zero-order chi connectivity index (χ0) is 12.8. The van der Waals surface area contributed by atoms with E-state index in [0.717, 1.165) is 4.47 Å². The SMILES string of the molecule is CC(O)CNCCNC(=O)c1cc(Br)cn1C. The smallest absolute Gasteiger partial charge is 0.267 e. The highest BCUT2D eigenvalue weighted by Gasteiger charge is 2.09. The number of amides is 1. The van der Waals surface area contributed by atoms with Crippen molar-refractivity contribution >= 4 is 21.8 Å². The average Bonchev–Trinajstić information content (AvgIpc) is 2.56. The molecule has 0 spiro atoms. The number of nitrogens with zero attached hydrogens (tertiary/aromatic N) is 1. The van der Waals surface area contributed by atoms with Gasteiger partial charge in [-0.15, -0.1) is 0 Å². The largest absolute Gasteiger partial charge is 0.392 e. The quantitative estimate of drug-likeness (QED) is 0.670. The van der Waals surface area contributed by atoms with Crippen molar-refractivity contribution < 1.29 is 9.90 Å². The van der Waals surface area contributed by atoms with Gasteiger partial charge in [0.15, 0.2) is 0 Å². The summed E-state index contributed by atoms with van der Waals surface area (Å²) in [6.45, 7) is 3.43. The number of hydrogen-bond acceptors (Lipinski definition) is 3. The summed E-state index contributed by atoms with van der Waals surface area (Å²) < 4.78 is 2.65. The topological polar surface area (TPSA) is 66.3 Å². The molecule has 1 aromatic rings. The number of carbonyl (C=O) groups is 1. The molecule has 0 aliphatic heterocycles. The zero-order valence-corrected chi connectivity index (χ0v) is 11.6. The predicted molar refractivity (Wildman–Crippen MR) is 70.0 cm³/mol. The van der Waals surface area contributed by atoms with E-state index < -0.39 is 0 Å². The van der Waals surface area contributed by atoms with Gasteiger partial charge in [0, 0.05) is 37.4 Å². The van der Waals surface area contributed by atoms with Crippen LogP contribution in [0.15, 0.2) is 16.7 Å². The molecule has 0 radical (unpaired) electrons. The Morgan fingerprint density at radius 3 is 2.82 bits per heavy atom. The molecule has 6 heteroatoms. The van der Waals surface area contributed by atoms with Crippen LogP contribution in [0.5, 0.6) is 0 Å². The maximum Gasteiger partial charge on any atom is 0.267 e. The van der Waals surface area contributed by atoms with Gasteiger partial charge >= 0.3 is 0 Å². The van der Waals surface area contributed by atoms with Crippen LogP contribution in [0, 0.1) is 0 Å². The molecule has 1 amide bonds. The molecule has 0 aromatic carbocycles. The van der Waals surface area contributed by atoms with Gasteiger partial charge in [-0.3, -0.25) is 4.79 Å². The van der Waals surface area contributed by atoms with Crippen LogP contribution < -0.4 is 10.6 Å². The fraction of sp³-hybridized carbons (Fsp3) is 0.545. The van der Waals surface area contributed by atoms with Crippen LogP contribution in [0.4, 0.5) is 0 Å². The third-order valence-electron chi connectivity index (χ3n) is 2.23. The minimum Gasteiger partial charge on any atom is -0.392 e. The van der Waals surface area contributed by atoms with Gasteiger partial charge in [-0.1, -0.05) is 0 Å². The predicted octanol–water partition coefficient (Wildman–Crippen LogP) is 0.488. The molecule has 0 saturated carbocycles. The molecule has 17 heavy (non-hydrogen) atoms. The number of nitrogens with one attached hydrogen (secondary N) is 2. The number of aryl methyl sites for hydroxylation is 1. The van der Waals surface area contributed by atoms with Crippen LogP contribution in [-0.2, 0) is 7.05 Å². The van der Waals surface area contributed by atoms with Crippen LogP contribution in [0.1, 0.15) is 17.4 Å². The van der Waals surface area contributed by atoms with Crippen LogP contribution in [0.2, 0.25) is 0 Å². The van der Waals surface area contributed by atoms with Gasteiger partial charge in [0.05, 0.1) is 6.10 Å². The van der Waals surface area contributed by atoms with Crippen molar-refractivity contribution in [3.63, 3.8) is 0 Å². The molecule has 0 saturated heterocycles. The lowest BCUT2D eigenvalue weighted by Crippen LogP contribution is -2.35.